The van der Waals surface area contributed by atoms with Crippen LogP contribution in [0.15, 0.2) is 24.3 Å². The molecule has 1 amide bonds. The zero-order chi connectivity index (χ0) is 15.1. The Balaban J connectivity index is 2.72. The van der Waals surface area contributed by atoms with E-state index in [2.05, 4.69) is 6.92 Å². The van der Waals surface area contributed by atoms with E-state index in [-0.39, 0.29) is 11.5 Å². The van der Waals surface area contributed by atoms with Gasteiger partial charge >= 0.3 is 5.97 Å². The summed E-state index contributed by atoms with van der Waals surface area (Å²) in [6.45, 7) is 2.68. The molecule has 0 heterocycles. The lowest BCUT2D eigenvalue weighted by Crippen LogP contribution is -2.28. The Bertz CT molecular complexity index is 474. The number of nitrogens with two attached hydrogens (primary N) is 1. The molecular weight excluding hydrogens is 256 g/mol. The highest BCUT2D eigenvalue weighted by molar-refractivity contribution is 6.01. The minimum Gasteiger partial charge on any atom is -0.478 e. The van der Waals surface area contributed by atoms with E-state index in [0.717, 1.165) is 12.8 Å². The third-order valence-electron chi connectivity index (χ3n) is 3.38. The average Bonchev–Trinajstić information content (AvgIpc) is 2.44. The Morgan fingerprint density at radius 1 is 1.30 bits per heavy atom. The van der Waals surface area contributed by atoms with E-state index in [4.69, 9.17) is 10.8 Å². The Labute approximate surface area is 119 Å². The van der Waals surface area contributed by atoms with Crippen LogP contribution in [0.25, 0.3) is 0 Å². The number of benzene rings is 1. The third kappa shape index (κ3) is 4.35. The fourth-order valence-corrected chi connectivity index (χ4v) is 2.05. The molecule has 0 fully saturated rings. The fraction of sp³-hybridized carbons (Fsp3) is 0.467. The summed E-state index contributed by atoms with van der Waals surface area (Å²) in [6, 6.07) is 6.51. The molecule has 0 bridgehead atoms. The fourth-order valence-electron chi connectivity index (χ4n) is 2.05. The maximum absolute atomic E-state index is 12.1. The van der Waals surface area contributed by atoms with Gasteiger partial charge in [-0.3, -0.25) is 4.79 Å². The van der Waals surface area contributed by atoms with Gasteiger partial charge in [0, 0.05) is 13.5 Å². The van der Waals surface area contributed by atoms with Crippen LogP contribution in [0.2, 0.25) is 0 Å². The number of rotatable bonds is 7. The highest BCUT2D eigenvalue weighted by atomic mass is 16.4. The zero-order valence-corrected chi connectivity index (χ0v) is 12.0. The molecule has 1 aromatic rings. The molecule has 1 aromatic carbocycles. The number of carbonyl (C=O) groups is 2. The Kier molecular flexibility index (Phi) is 6.18. The second-order valence-corrected chi connectivity index (χ2v) is 5.00. The topological polar surface area (TPSA) is 83.6 Å². The van der Waals surface area contributed by atoms with Gasteiger partial charge in [0.05, 0.1) is 11.3 Å². The van der Waals surface area contributed by atoms with Gasteiger partial charge in [0.15, 0.2) is 0 Å². The van der Waals surface area contributed by atoms with Crippen molar-refractivity contribution in [3.05, 3.63) is 29.8 Å². The number of amides is 1. The molecule has 0 aliphatic heterocycles. The molecule has 20 heavy (non-hydrogen) atoms. The predicted molar refractivity (Wildman–Crippen MR) is 78.9 cm³/mol. The number of nitrogens with zero attached hydrogens (tertiary/aromatic N) is 1. The predicted octanol–water partition coefficient (Wildman–Crippen LogP) is 2.11. The highest BCUT2D eigenvalue weighted by Gasteiger charge is 2.18. The summed E-state index contributed by atoms with van der Waals surface area (Å²) >= 11 is 0. The van der Waals surface area contributed by atoms with Crippen molar-refractivity contribution in [2.45, 2.75) is 26.2 Å². The van der Waals surface area contributed by atoms with Crippen molar-refractivity contribution >= 4 is 17.6 Å². The van der Waals surface area contributed by atoms with Gasteiger partial charge in [0.2, 0.25) is 5.91 Å². The highest BCUT2D eigenvalue weighted by Crippen LogP contribution is 2.21. The van der Waals surface area contributed by atoms with Crippen molar-refractivity contribution in [2.24, 2.45) is 11.7 Å². The Morgan fingerprint density at radius 2 is 1.95 bits per heavy atom. The van der Waals surface area contributed by atoms with Gasteiger partial charge in [0.25, 0.3) is 0 Å². The molecule has 1 rings (SSSR count). The molecule has 5 nitrogen and oxygen atoms in total. The summed E-state index contributed by atoms with van der Waals surface area (Å²) < 4.78 is 0. The van der Waals surface area contributed by atoms with Crippen LogP contribution in [0.1, 0.15) is 36.5 Å². The van der Waals surface area contributed by atoms with E-state index >= 15 is 0 Å². The molecule has 0 radical (unpaired) electrons. The van der Waals surface area contributed by atoms with E-state index in [1.165, 1.54) is 11.0 Å². The van der Waals surface area contributed by atoms with Gasteiger partial charge < -0.3 is 15.7 Å². The van der Waals surface area contributed by atoms with Gasteiger partial charge in [-0.1, -0.05) is 19.1 Å². The largest absolute Gasteiger partial charge is 0.478 e. The molecule has 0 saturated heterocycles. The number of aromatic carboxylic acids is 1. The number of para-hydroxylation sites is 1. The summed E-state index contributed by atoms with van der Waals surface area (Å²) in [5.74, 6) is -0.716. The second kappa shape index (κ2) is 7.65. The number of anilines is 1. The summed E-state index contributed by atoms with van der Waals surface area (Å²) in [5, 5.41) is 9.13. The van der Waals surface area contributed by atoms with Crippen LogP contribution in [0.4, 0.5) is 5.69 Å². The number of hydrogen-bond acceptors (Lipinski definition) is 3. The van der Waals surface area contributed by atoms with Gasteiger partial charge in [-0.05, 0) is 37.4 Å². The minimum absolute atomic E-state index is 0.0810. The van der Waals surface area contributed by atoms with Crippen molar-refractivity contribution in [3.63, 3.8) is 0 Å². The molecule has 5 heteroatoms. The molecule has 0 aliphatic carbocycles. The van der Waals surface area contributed by atoms with Gasteiger partial charge in [0.1, 0.15) is 0 Å². The Hall–Kier alpha value is -1.88. The van der Waals surface area contributed by atoms with Crippen molar-refractivity contribution in [2.75, 3.05) is 18.5 Å². The van der Waals surface area contributed by atoms with Crippen molar-refractivity contribution < 1.29 is 14.7 Å². The van der Waals surface area contributed by atoms with E-state index in [1.54, 1.807) is 25.2 Å². The normalized spacial score (nSPS) is 11.9. The van der Waals surface area contributed by atoms with Crippen molar-refractivity contribution in [3.8, 4) is 0 Å². The second-order valence-electron chi connectivity index (χ2n) is 5.00. The molecule has 110 valence electrons. The first kappa shape index (κ1) is 16.2. The van der Waals surface area contributed by atoms with Gasteiger partial charge in [-0.2, -0.15) is 0 Å². The first-order chi connectivity index (χ1) is 9.47. The number of carboxylic acids is 1. The molecule has 1 unspecified atom stereocenters. The molecule has 3 N–H and O–H groups in total. The first-order valence-corrected chi connectivity index (χ1v) is 6.76. The molecule has 0 saturated carbocycles. The Morgan fingerprint density at radius 3 is 2.55 bits per heavy atom. The summed E-state index contributed by atoms with van der Waals surface area (Å²) in [4.78, 5) is 24.7. The van der Waals surface area contributed by atoms with Gasteiger partial charge in [-0.25, -0.2) is 4.79 Å². The molecule has 0 aromatic heterocycles. The quantitative estimate of drug-likeness (QED) is 0.800. The molecule has 0 aliphatic rings. The SMILES string of the molecule is CC(CCN)CCC(=O)N(C)c1ccccc1C(=O)O. The first-order valence-electron chi connectivity index (χ1n) is 6.76. The van der Waals surface area contributed by atoms with E-state index in [0.29, 0.717) is 24.6 Å². The van der Waals surface area contributed by atoms with Crippen LogP contribution in [-0.2, 0) is 4.79 Å². The third-order valence-corrected chi connectivity index (χ3v) is 3.38. The van der Waals surface area contributed by atoms with Crippen molar-refractivity contribution in [1.29, 1.82) is 0 Å². The smallest absolute Gasteiger partial charge is 0.337 e. The van der Waals surface area contributed by atoms with Crippen LogP contribution in [0.3, 0.4) is 0 Å². The minimum atomic E-state index is -1.03. The summed E-state index contributed by atoms with van der Waals surface area (Å²) in [5.41, 5.74) is 6.04. The lowest BCUT2D eigenvalue weighted by molar-refractivity contribution is -0.118. The van der Waals surface area contributed by atoms with E-state index < -0.39 is 5.97 Å². The van der Waals surface area contributed by atoms with Crippen molar-refractivity contribution in [1.82, 2.24) is 0 Å². The monoisotopic (exact) mass is 278 g/mol. The number of carboxylic acid groups (broad SMARTS) is 1. The average molecular weight is 278 g/mol. The molecule has 1 atom stereocenters. The van der Waals surface area contributed by atoms with Gasteiger partial charge in [-0.15, -0.1) is 0 Å². The van der Waals surface area contributed by atoms with Crippen LogP contribution in [-0.4, -0.2) is 30.6 Å². The van der Waals surface area contributed by atoms with E-state index in [1.807, 2.05) is 0 Å². The lowest BCUT2D eigenvalue weighted by Gasteiger charge is -2.20. The lowest BCUT2D eigenvalue weighted by atomic mass is 10.0. The zero-order valence-electron chi connectivity index (χ0n) is 12.0. The number of carbonyl (C=O) groups excluding carboxylic acids is 1. The summed E-state index contributed by atoms with van der Waals surface area (Å²) in [6.07, 6.45) is 2.05. The van der Waals surface area contributed by atoms with Crippen LogP contribution >= 0.6 is 0 Å². The standard InChI is InChI=1S/C15H22N2O3/c1-11(9-10-16)7-8-14(18)17(2)13-6-4-3-5-12(13)15(19)20/h3-6,11H,7-10,16H2,1-2H3,(H,19,20). The maximum atomic E-state index is 12.1. The summed E-state index contributed by atoms with van der Waals surface area (Å²) in [7, 11) is 1.61. The molecular formula is C15H22N2O3. The molecule has 0 spiro atoms. The van der Waals surface area contributed by atoms with E-state index in [9.17, 15) is 9.59 Å². The number of hydrogen-bond donors (Lipinski definition) is 2. The van der Waals surface area contributed by atoms with Crippen LogP contribution in [0, 0.1) is 5.92 Å². The maximum Gasteiger partial charge on any atom is 0.337 e. The van der Waals surface area contributed by atoms with Crippen LogP contribution < -0.4 is 10.6 Å². The van der Waals surface area contributed by atoms with Crippen LogP contribution in [0.5, 0.6) is 0 Å².